The summed E-state index contributed by atoms with van der Waals surface area (Å²) in [5.41, 5.74) is 0.740. The second-order valence-corrected chi connectivity index (χ2v) is 11.2. The molecule has 0 saturated heterocycles. The van der Waals surface area contributed by atoms with Crippen LogP contribution in [0.1, 0.15) is 32.3 Å². The molecule has 8 nitrogen and oxygen atoms in total. The van der Waals surface area contributed by atoms with E-state index in [1.54, 1.807) is 31.2 Å². The Morgan fingerprint density at radius 3 is 2.31 bits per heavy atom. The second kappa shape index (κ2) is 13.4. The summed E-state index contributed by atoms with van der Waals surface area (Å²) in [6.45, 7) is 3.58. The van der Waals surface area contributed by atoms with Gasteiger partial charge in [-0.2, -0.15) is 0 Å². The Morgan fingerprint density at radius 1 is 1.06 bits per heavy atom. The summed E-state index contributed by atoms with van der Waals surface area (Å²) >= 11 is 18.3. The molecule has 1 N–H and O–H groups in total. The normalized spacial score (nSPS) is 12.1. The summed E-state index contributed by atoms with van der Waals surface area (Å²) in [6, 6.07) is 8.52. The molecule has 2 aromatic carbocycles. The second-order valence-electron chi connectivity index (χ2n) is 8.07. The Morgan fingerprint density at radius 2 is 1.75 bits per heavy atom. The fourth-order valence-electron chi connectivity index (χ4n) is 3.57. The predicted molar refractivity (Wildman–Crippen MR) is 145 cm³/mol. The van der Waals surface area contributed by atoms with Gasteiger partial charge in [-0.25, -0.2) is 8.42 Å². The maximum absolute atomic E-state index is 13.7. The topological polar surface area (TPSA) is 96.0 Å². The number of nitrogens with zero attached hydrogens (tertiary/aromatic N) is 2. The van der Waals surface area contributed by atoms with Crippen LogP contribution in [-0.2, 0) is 26.2 Å². The van der Waals surface area contributed by atoms with Gasteiger partial charge in [0.05, 0.1) is 29.1 Å². The van der Waals surface area contributed by atoms with Crippen LogP contribution in [0.2, 0.25) is 15.1 Å². The Kier molecular flexibility index (Phi) is 11.2. The van der Waals surface area contributed by atoms with Crippen molar-refractivity contribution in [3.05, 3.63) is 57.0 Å². The van der Waals surface area contributed by atoms with Gasteiger partial charge in [-0.3, -0.25) is 13.9 Å². The van der Waals surface area contributed by atoms with E-state index < -0.39 is 28.5 Å². The zero-order valence-electron chi connectivity index (χ0n) is 20.6. The number of rotatable bonds is 12. The number of benzene rings is 2. The Hall–Kier alpha value is -2.20. The van der Waals surface area contributed by atoms with Gasteiger partial charge in [-0.15, -0.1) is 0 Å². The van der Waals surface area contributed by atoms with Gasteiger partial charge in [0, 0.05) is 18.1 Å². The van der Waals surface area contributed by atoms with E-state index in [4.69, 9.17) is 39.5 Å². The number of ether oxygens (including phenoxy) is 1. The van der Waals surface area contributed by atoms with Gasteiger partial charge in [0.1, 0.15) is 18.3 Å². The monoisotopic (exact) mass is 577 g/mol. The number of nitrogens with one attached hydrogen (secondary N) is 1. The van der Waals surface area contributed by atoms with E-state index in [2.05, 4.69) is 5.32 Å². The summed E-state index contributed by atoms with van der Waals surface area (Å²) in [5.74, 6) is -0.701. The fourth-order valence-corrected chi connectivity index (χ4v) is 4.90. The van der Waals surface area contributed by atoms with Crippen LogP contribution >= 0.6 is 34.8 Å². The minimum Gasteiger partial charge on any atom is -0.495 e. The predicted octanol–water partition coefficient (Wildman–Crippen LogP) is 4.76. The highest BCUT2D eigenvalue weighted by Crippen LogP contribution is 2.33. The van der Waals surface area contributed by atoms with Gasteiger partial charge in [0.25, 0.3) is 0 Å². The summed E-state index contributed by atoms with van der Waals surface area (Å²) in [6.07, 6.45) is 2.01. The van der Waals surface area contributed by atoms with Crippen molar-refractivity contribution in [1.29, 1.82) is 0 Å². The van der Waals surface area contributed by atoms with Crippen molar-refractivity contribution >= 4 is 62.3 Å². The Balaban J connectivity index is 2.52. The van der Waals surface area contributed by atoms with E-state index in [1.165, 1.54) is 24.1 Å². The van der Waals surface area contributed by atoms with E-state index in [9.17, 15) is 18.0 Å². The molecule has 0 spiro atoms. The van der Waals surface area contributed by atoms with E-state index in [1.807, 2.05) is 6.92 Å². The summed E-state index contributed by atoms with van der Waals surface area (Å²) in [4.78, 5) is 28.0. The van der Waals surface area contributed by atoms with Gasteiger partial charge in [-0.05, 0) is 48.7 Å². The van der Waals surface area contributed by atoms with Crippen LogP contribution < -0.4 is 14.4 Å². The molecule has 0 radical (unpaired) electrons. The molecule has 2 amide bonds. The molecule has 0 aliphatic heterocycles. The third-order valence-electron chi connectivity index (χ3n) is 5.36. The van der Waals surface area contributed by atoms with Gasteiger partial charge < -0.3 is 15.0 Å². The Bertz CT molecular complexity index is 1190. The van der Waals surface area contributed by atoms with Crippen molar-refractivity contribution < 1.29 is 22.7 Å². The number of hydrogen-bond acceptors (Lipinski definition) is 5. The molecule has 36 heavy (non-hydrogen) atoms. The summed E-state index contributed by atoms with van der Waals surface area (Å²) in [5, 5.41) is 3.73. The molecular formula is C24H30Cl3N3O5S. The summed E-state index contributed by atoms with van der Waals surface area (Å²) in [7, 11) is -2.55. The first kappa shape index (κ1) is 30.0. The molecule has 198 valence electrons. The van der Waals surface area contributed by atoms with Crippen molar-refractivity contribution in [2.75, 3.05) is 30.8 Å². The van der Waals surface area contributed by atoms with E-state index in [0.717, 1.165) is 17.0 Å². The molecule has 0 unspecified atom stereocenters. The average Bonchev–Trinajstić information content (AvgIpc) is 2.82. The molecule has 0 aliphatic rings. The van der Waals surface area contributed by atoms with Crippen molar-refractivity contribution in [3.63, 3.8) is 0 Å². The number of amides is 2. The number of sulfonamides is 1. The van der Waals surface area contributed by atoms with Crippen LogP contribution in [0, 0.1) is 0 Å². The van der Waals surface area contributed by atoms with Crippen molar-refractivity contribution in [1.82, 2.24) is 10.2 Å². The highest BCUT2D eigenvalue weighted by atomic mass is 35.5. The van der Waals surface area contributed by atoms with E-state index in [-0.39, 0.29) is 28.9 Å². The van der Waals surface area contributed by atoms with Gasteiger partial charge in [0.15, 0.2) is 0 Å². The number of hydrogen-bond donors (Lipinski definition) is 1. The number of carbonyl (C=O) groups excluding carboxylic acids is 2. The van der Waals surface area contributed by atoms with Crippen LogP contribution in [0.25, 0.3) is 0 Å². The third-order valence-corrected chi connectivity index (χ3v) is 7.46. The number of halogens is 3. The molecule has 2 rings (SSSR count). The molecule has 0 aromatic heterocycles. The van der Waals surface area contributed by atoms with Gasteiger partial charge >= 0.3 is 0 Å². The molecule has 0 heterocycles. The lowest BCUT2D eigenvalue weighted by Gasteiger charge is -2.33. The lowest BCUT2D eigenvalue weighted by Crippen LogP contribution is -2.52. The largest absolute Gasteiger partial charge is 0.495 e. The van der Waals surface area contributed by atoms with Gasteiger partial charge in [0.2, 0.25) is 21.8 Å². The molecule has 0 aliphatic carbocycles. The van der Waals surface area contributed by atoms with Crippen molar-refractivity contribution in [2.45, 2.75) is 39.3 Å². The number of methoxy groups -OCH3 is 1. The number of anilines is 1. The standard InChI is InChI=1S/C24H30Cl3N3O5S/c1-5-11-28-24(32)20(6-2)29(14-16-7-9-18(26)19(27)12-16)23(31)15-30(36(4,33)34)21-13-17(25)8-10-22(21)35-3/h7-10,12-13,20H,5-6,11,14-15H2,1-4H3,(H,28,32)/t20-/m1/s1. The maximum Gasteiger partial charge on any atom is 0.244 e. The lowest BCUT2D eigenvalue weighted by molar-refractivity contribution is -0.140. The molecule has 0 fully saturated rings. The van der Waals surface area contributed by atoms with Crippen LogP contribution in [0.4, 0.5) is 5.69 Å². The van der Waals surface area contributed by atoms with E-state index in [0.29, 0.717) is 28.6 Å². The Labute approximate surface area is 227 Å². The molecular weight excluding hydrogens is 549 g/mol. The van der Waals surface area contributed by atoms with E-state index >= 15 is 0 Å². The molecule has 0 bridgehead atoms. The quantitative estimate of drug-likeness (QED) is 0.392. The van der Waals surface area contributed by atoms with Crippen LogP contribution in [0.5, 0.6) is 5.75 Å². The highest BCUT2D eigenvalue weighted by molar-refractivity contribution is 7.92. The third kappa shape index (κ3) is 7.90. The SMILES string of the molecule is CCCNC(=O)[C@@H](CC)N(Cc1ccc(Cl)c(Cl)c1)C(=O)CN(c1cc(Cl)ccc1OC)S(C)(=O)=O. The highest BCUT2D eigenvalue weighted by Gasteiger charge is 2.32. The zero-order valence-corrected chi connectivity index (χ0v) is 23.6. The maximum atomic E-state index is 13.7. The van der Waals surface area contributed by atoms with Crippen LogP contribution in [0.15, 0.2) is 36.4 Å². The number of carbonyl (C=O) groups is 2. The van der Waals surface area contributed by atoms with Crippen molar-refractivity contribution in [2.24, 2.45) is 0 Å². The first-order chi connectivity index (χ1) is 16.9. The molecule has 0 saturated carbocycles. The zero-order chi connectivity index (χ0) is 27.0. The lowest BCUT2D eigenvalue weighted by atomic mass is 10.1. The van der Waals surface area contributed by atoms with Crippen molar-refractivity contribution in [3.8, 4) is 5.75 Å². The van der Waals surface area contributed by atoms with Crippen LogP contribution in [0.3, 0.4) is 0 Å². The van der Waals surface area contributed by atoms with Gasteiger partial charge in [-0.1, -0.05) is 54.7 Å². The first-order valence-electron chi connectivity index (χ1n) is 11.2. The minimum atomic E-state index is -3.94. The smallest absolute Gasteiger partial charge is 0.244 e. The minimum absolute atomic E-state index is 0.0120. The fraction of sp³-hybridized carbons (Fsp3) is 0.417. The molecule has 2 aromatic rings. The first-order valence-corrected chi connectivity index (χ1v) is 14.2. The molecule has 1 atom stereocenters. The van der Waals surface area contributed by atoms with Crippen LogP contribution in [-0.4, -0.2) is 57.6 Å². The average molecular weight is 579 g/mol. The molecule has 12 heteroatoms. The summed E-state index contributed by atoms with van der Waals surface area (Å²) < 4.78 is 31.8.